The van der Waals surface area contributed by atoms with Crippen molar-refractivity contribution in [3.05, 3.63) is 0 Å². The van der Waals surface area contributed by atoms with E-state index in [1.54, 1.807) is 6.66 Å². The molecular weight excluding hydrogens is 203 g/mol. The van der Waals surface area contributed by atoms with Crippen LogP contribution in [-0.2, 0) is 18.6 Å². The summed E-state index contributed by atoms with van der Waals surface area (Å²) in [4.78, 5) is 22.0. The van der Waals surface area contributed by atoms with Gasteiger partial charge < -0.3 is 9.05 Å². The zero-order valence-corrected chi connectivity index (χ0v) is 9.80. The van der Waals surface area contributed by atoms with Gasteiger partial charge in [-0.25, -0.2) is 0 Å². The van der Waals surface area contributed by atoms with Gasteiger partial charge in [0.05, 0.1) is 0 Å². The second-order valence-electron chi connectivity index (χ2n) is 2.87. The zero-order valence-electron chi connectivity index (χ0n) is 8.91. The molecular formula is C9H17O4P. The summed E-state index contributed by atoms with van der Waals surface area (Å²) in [6, 6.07) is 0. The normalized spacial score (nSPS) is 10.0. The van der Waals surface area contributed by atoms with Gasteiger partial charge in [0.2, 0.25) is 0 Å². The minimum absolute atomic E-state index is 0.301. The Hall–Kier alpha value is -0.630. The van der Waals surface area contributed by atoms with Crippen LogP contribution in [0.2, 0.25) is 0 Å². The Morgan fingerprint density at radius 2 is 1.36 bits per heavy atom. The molecule has 4 nitrogen and oxygen atoms in total. The summed E-state index contributed by atoms with van der Waals surface area (Å²) in [6.07, 6.45) is 2.23. The molecule has 0 fully saturated rings. The highest BCUT2D eigenvalue weighted by atomic mass is 31.2. The Bertz CT molecular complexity index is 173. The summed E-state index contributed by atoms with van der Waals surface area (Å²) >= 11 is 0. The maximum absolute atomic E-state index is 11.0. The van der Waals surface area contributed by atoms with Crippen LogP contribution in [0.5, 0.6) is 0 Å². The predicted molar refractivity (Wildman–Crippen MR) is 54.8 cm³/mol. The van der Waals surface area contributed by atoms with Crippen molar-refractivity contribution >= 4 is 20.3 Å². The molecule has 0 spiro atoms. The molecule has 0 aliphatic carbocycles. The summed E-state index contributed by atoms with van der Waals surface area (Å²) in [7, 11) is -1.38. The van der Waals surface area contributed by atoms with Crippen molar-refractivity contribution in [2.75, 3.05) is 6.66 Å². The summed E-state index contributed by atoms with van der Waals surface area (Å²) < 4.78 is 9.78. The Morgan fingerprint density at radius 3 is 1.64 bits per heavy atom. The topological polar surface area (TPSA) is 52.6 Å². The first-order valence-electron chi connectivity index (χ1n) is 4.75. The molecule has 0 saturated carbocycles. The molecule has 0 aromatic rings. The van der Waals surface area contributed by atoms with E-state index in [-0.39, 0.29) is 11.9 Å². The molecule has 0 aromatic heterocycles. The fraction of sp³-hybridized carbons (Fsp3) is 0.778. The highest BCUT2D eigenvalue weighted by Gasteiger charge is 2.14. The van der Waals surface area contributed by atoms with Gasteiger partial charge in [-0.15, -0.1) is 0 Å². The first-order chi connectivity index (χ1) is 6.60. The van der Waals surface area contributed by atoms with Crippen molar-refractivity contribution in [2.45, 2.75) is 39.5 Å². The fourth-order valence-corrected chi connectivity index (χ4v) is 1.60. The van der Waals surface area contributed by atoms with Gasteiger partial charge in [-0.05, 0) is 12.8 Å². The molecule has 0 aliphatic rings. The quantitative estimate of drug-likeness (QED) is 0.645. The average Bonchev–Trinajstić information content (AvgIpc) is 2.03. The van der Waals surface area contributed by atoms with Crippen LogP contribution in [0, 0.1) is 0 Å². The average molecular weight is 220 g/mol. The minimum atomic E-state index is -1.38. The monoisotopic (exact) mass is 220 g/mol. The third-order valence-electron chi connectivity index (χ3n) is 1.37. The van der Waals surface area contributed by atoms with Crippen molar-refractivity contribution in [1.29, 1.82) is 0 Å². The van der Waals surface area contributed by atoms with Crippen LogP contribution in [0.4, 0.5) is 0 Å². The molecule has 0 aliphatic heterocycles. The van der Waals surface area contributed by atoms with Crippen LogP contribution in [0.3, 0.4) is 0 Å². The Morgan fingerprint density at radius 1 is 1.00 bits per heavy atom. The van der Waals surface area contributed by atoms with Crippen molar-refractivity contribution in [3.63, 3.8) is 0 Å². The van der Waals surface area contributed by atoms with Gasteiger partial charge in [-0.3, -0.25) is 9.59 Å². The Balaban J connectivity index is 3.68. The zero-order chi connectivity index (χ0) is 11.0. The lowest BCUT2D eigenvalue weighted by molar-refractivity contribution is -0.137. The van der Waals surface area contributed by atoms with E-state index in [0.29, 0.717) is 12.8 Å². The lowest BCUT2D eigenvalue weighted by atomic mass is 10.4. The number of carbonyl (C=O) groups excluding carboxylic acids is 2. The molecule has 0 radical (unpaired) electrons. The number of rotatable bonds is 6. The lowest BCUT2D eigenvalue weighted by Crippen LogP contribution is -2.04. The summed E-state index contributed by atoms with van der Waals surface area (Å²) in [5.41, 5.74) is 0. The van der Waals surface area contributed by atoms with Crippen LogP contribution >= 0.6 is 8.38 Å². The van der Waals surface area contributed by atoms with Crippen molar-refractivity contribution in [3.8, 4) is 0 Å². The first kappa shape index (κ1) is 13.4. The smallest absolute Gasteiger partial charge is 0.311 e. The van der Waals surface area contributed by atoms with Gasteiger partial charge in [-0.1, -0.05) is 13.8 Å². The van der Waals surface area contributed by atoms with Crippen molar-refractivity contribution in [2.24, 2.45) is 0 Å². The molecule has 0 N–H and O–H groups in total. The second-order valence-corrected chi connectivity index (χ2v) is 4.11. The second kappa shape index (κ2) is 7.74. The lowest BCUT2D eigenvalue weighted by Gasteiger charge is -2.11. The fourth-order valence-electron chi connectivity index (χ4n) is 0.805. The highest BCUT2D eigenvalue weighted by Crippen LogP contribution is 2.34. The summed E-state index contributed by atoms with van der Waals surface area (Å²) in [5.74, 6) is -0.601. The first-order valence-corrected chi connectivity index (χ1v) is 6.37. The molecule has 0 aromatic carbocycles. The molecule has 82 valence electrons. The minimum Gasteiger partial charge on any atom is -0.407 e. The molecule has 0 atom stereocenters. The van der Waals surface area contributed by atoms with E-state index in [2.05, 4.69) is 0 Å². The molecule has 0 unspecified atom stereocenters. The third kappa shape index (κ3) is 6.84. The van der Waals surface area contributed by atoms with E-state index < -0.39 is 8.38 Å². The molecule has 5 heteroatoms. The van der Waals surface area contributed by atoms with Crippen LogP contribution in [0.1, 0.15) is 39.5 Å². The largest absolute Gasteiger partial charge is 0.407 e. The van der Waals surface area contributed by atoms with Gasteiger partial charge in [-0.2, -0.15) is 0 Å². The van der Waals surface area contributed by atoms with E-state index in [9.17, 15) is 9.59 Å². The van der Waals surface area contributed by atoms with Crippen LogP contribution in [0.25, 0.3) is 0 Å². The van der Waals surface area contributed by atoms with Crippen LogP contribution < -0.4 is 0 Å². The van der Waals surface area contributed by atoms with Gasteiger partial charge in [0.1, 0.15) is 0 Å². The van der Waals surface area contributed by atoms with E-state index in [4.69, 9.17) is 9.05 Å². The molecule has 0 rings (SSSR count). The SMILES string of the molecule is CCCC(=O)OP(C)OC(=O)CCC. The third-order valence-corrected chi connectivity index (χ3v) is 2.29. The van der Waals surface area contributed by atoms with Gasteiger partial charge in [0.15, 0.2) is 0 Å². The highest BCUT2D eigenvalue weighted by molar-refractivity contribution is 7.47. The maximum Gasteiger partial charge on any atom is 0.311 e. The number of hydrogen-bond donors (Lipinski definition) is 0. The Labute approximate surface area is 85.9 Å². The number of hydrogen-bond acceptors (Lipinski definition) is 4. The van der Waals surface area contributed by atoms with Crippen molar-refractivity contribution < 1.29 is 18.6 Å². The summed E-state index contributed by atoms with van der Waals surface area (Å²) in [5, 5.41) is 0. The van der Waals surface area contributed by atoms with Crippen molar-refractivity contribution in [1.82, 2.24) is 0 Å². The summed E-state index contributed by atoms with van der Waals surface area (Å²) in [6.45, 7) is 5.39. The number of carbonyl (C=O) groups is 2. The van der Waals surface area contributed by atoms with Gasteiger partial charge >= 0.3 is 11.9 Å². The molecule has 0 heterocycles. The predicted octanol–water partition coefficient (Wildman–Crippen LogP) is 2.61. The standard InChI is InChI=1S/C9H17O4P/c1-4-6-8(10)12-14(3)13-9(11)7-5-2/h4-7H2,1-3H3. The molecule has 0 saturated heterocycles. The van der Waals surface area contributed by atoms with Gasteiger partial charge in [0, 0.05) is 19.5 Å². The Kier molecular flexibility index (Phi) is 7.40. The van der Waals surface area contributed by atoms with E-state index in [1.165, 1.54) is 0 Å². The van der Waals surface area contributed by atoms with E-state index in [1.807, 2.05) is 13.8 Å². The molecule has 0 bridgehead atoms. The van der Waals surface area contributed by atoms with Crippen LogP contribution in [-0.4, -0.2) is 18.6 Å². The van der Waals surface area contributed by atoms with E-state index in [0.717, 1.165) is 12.8 Å². The van der Waals surface area contributed by atoms with Gasteiger partial charge in [0.25, 0.3) is 8.38 Å². The van der Waals surface area contributed by atoms with Crippen LogP contribution in [0.15, 0.2) is 0 Å². The molecule has 14 heavy (non-hydrogen) atoms. The maximum atomic E-state index is 11.0. The van der Waals surface area contributed by atoms with E-state index >= 15 is 0 Å². The molecule has 0 amide bonds.